The molecular weight excluding hydrogens is 308 g/mol. The second-order valence-electron chi connectivity index (χ2n) is 5.67. The van der Waals surface area contributed by atoms with Gasteiger partial charge in [-0.25, -0.2) is 9.78 Å². The van der Waals surface area contributed by atoms with Crippen LogP contribution in [0.3, 0.4) is 0 Å². The van der Waals surface area contributed by atoms with Gasteiger partial charge in [0, 0.05) is 18.4 Å². The van der Waals surface area contributed by atoms with Crippen molar-refractivity contribution in [1.29, 1.82) is 0 Å². The van der Waals surface area contributed by atoms with Crippen molar-refractivity contribution in [3.63, 3.8) is 0 Å². The second kappa shape index (κ2) is 6.19. The van der Waals surface area contributed by atoms with Crippen LogP contribution in [0.4, 0.5) is 22.0 Å². The zero-order valence-electron chi connectivity index (χ0n) is 13.7. The molecule has 2 N–H and O–H groups in total. The smallest absolute Gasteiger partial charge is 0.324 e. The van der Waals surface area contributed by atoms with Crippen LogP contribution in [0.2, 0.25) is 0 Å². The van der Waals surface area contributed by atoms with Gasteiger partial charge in [0.1, 0.15) is 11.6 Å². The van der Waals surface area contributed by atoms with Gasteiger partial charge >= 0.3 is 6.03 Å². The van der Waals surface area contributed by atoms with Gasteiger partial charge in [0.05, 0.1) is 5.69 Å². The Morgan fingerprint density at radius 2 is 2.00 bits per heavy atom. The van der Waals surface area contributed by atoms with E-state index in [1.165, 1.54) is 4.90 Å². The van der Waals surface area contributed by atoms with Crippen molar-refractivity contribution < 1.29 is 14.3 Å². The molecule has 0 bridgehead atoms. The summed E-state index contributed by atoms with van der Waals surface area (Å²) in [6.07, 6.45) is 0. The van der Waals surface area contributed by atoms with Gasteiger partial charge in [-0.1, -0.05) is 0 Å². The Bertz CT molecular complexity index is 799. The van der Waals surface area contributed by atoms with E-state index in [1.54, 1.807) is 31.3 Å². The molecule has 24 heavy (non-hydrogen) atoms. The molecule has 124 valence electrons. The SMILES string of the molecule is Cc1cc(C)nc(NC(=O)Nc2ccc3c(c2)N(C)C(=O)CO3)c1. The molecule has 0 radical (unpaired) electrons. The fraction of sp³-hybridized carbons (Fsp3) is 0.235. The predicted molar refractivity (Wildman–Crippen MR) is 91.7 cm³/mol. The third kappa shape index (κ3) is 3.29. The molecule has 0 aliphatic carbocycles. The molecule has 2 aromatic rings. The molecule has 0 atom stereocenters. The van der Waals surface area contributed by atoms with Crippen molar-refractivity contribution in [3.8, 4) is 5.75 Å². The quantitative estimate of drug-likeness (QED) is 0.889. The first kappa shape index (κ1) is 15.8. The lowest BCUT2D eigenvalue weighted by molar-refractivity contribution is -0.120. The van der Waals surface area contributed by atoms with Crippen molar-refractivity contribution in [2.45, 2.75) is 13.8 Å². The summed E-state index contributed by atoms with van der Waals surface area (Å²) in [5, 5.41) is 5.43. The van der Waals surface area contributed by atoms with E-state index in [2.05, 4.69) is 15.6 Å². The van der Waals surface area contributed by atoms with Crippen LogP contribution in [0.15, 0.2) is 30.3 Å². The molecule has 0 saturated carbocycles. The third-order valence-electron chi connectivity index (χ3n) is 3.64. The molecule has 1 aliphatic heterocycles. The van der Waals surface area contributed by atoms with Crippen molar-refractivity contribution in [1.82, 2.24) is 4.98 Å². The highest BCUT2D eigenvalue weighted by Crippen LogP contribution is 2.33. The molecule has 0 fully saturated rings. The number of carbonyl (C=O) groups excluding carboxylic acids is 2. The minimum atomic E-state index is -0.404. The molecule has 1 aromatic carbocycles. The Kier molecular flexibility index (Phi) is 4.07. The molecule has 0 unspecified atom stereocenters. The number of carbonyl (C=O) groups is 2. The summed E-state index contributed by atoms with van der Waals surface area (Å²) < 4.78 is 5.36. The zero-order valence-corrected chi connectivity index (χ0v) is 13.7. The number of aryl methyl sites for hydroxylation is 2. The van der Waals surface area contributed by atoms with Gasteiger partial charge in [0.25, 0.3) is 5.91 Å². The lowest BCUT2D eigenvalue weighted by Crippen LogP contribution is -2.35. The van der Waals surface area contributed by atoms with E-state index >= 15 is 0 Å². The maximum Gasteiger partial charge on any atom is 0.324 e. The number of aromatic nitrogens is 1. The van der Waals surface area contributed by atoms with Gasteiger partial charge in [0.15, 0.2) is 6.61 Å². The Balaban J connectivity index is 1.74. The summed E-state index contributed by atoms with van der Waals surface area (Å²) in [6, 6.07) is 8.46. The van der Waals surface area contributed by atoms with E-state index in [9.17, 15) is 9.59 Å². The molecule has 2 heterocycles. The Labute approximate surface area is 139 Å². The molecule has 1 aromatic heterocycles. The average Bonchev–Trinajstić information content (AvgIpc) is 2.50. The first-order valence-electron chi connectivity index (χ1n) is 7.49. The van der Waals surface area contributed by atoms with E-state index in [4.69, 9.17) is 4.74 Å². The van der Waals surface area contributed by atoms with Crippen molar-refractivity contribution >= 4 is 29.1 Å². The second-order valence-corrected chi connectivity index (χ2v) is 5.67. The summed E-state index contributed by atoms with van der Waals surface area (Å²) in [5.74, 6) is 0.959. The van der Waals surface area contributed by atoms with Crippen LogP contribution in [0, 0.1) is 13.8 Å². The van der Waals surface area contributed by atoms with E-state index < -0.39 is 6.03 Å². The number of urea groups is 1. The highest BCUT2D eigenvalue weighted by molar-refractivity contribution is 6.01. The van der Waals surface area contributed by atoms with E-state index in [0.29, 0.717) is 22.9 Å². The number of likely N-dealkylation sites (N-methyl/N-ethyl adjacent to an activating group) is 1. The number of fused-ring (bicyclic) bond motifs is 1. The summed E-state index contributed by atoms with van der Waals surface area (Å²) in [6.45, 7) is 3.83. The summed E-state index contributed by atoms with van der Waals surface area (Å²) in [4.78, 5) is 29.6. The maximum absolute atomic E-state index is 12.1. The Hall–Kier alpha value is -3.09. The number of rotatable bonds is 2. The minimum absolute atomic E-state index is 0.0230. The number of nitrogens with zero attached hydrogens (tertiary/aromatic N) is 2. The monoisotopic (exact) mass is 326 g/mol. The lowest BCUT2D eigenvalue weighted by atomic mass is 10.2. The number of pyridine rings is 1. The van der Waals surface area contributed by atoms with Gasteiger partial charge in [-0.2, -0.15) is 0 Å². The fourth-order valence-corrected chi connectivity index (χ4v) is 2.53. The lowest BCUT2D eigenvalue weighted by Gasteiger charge is -2.26. The van der Waals surface area contributed by atoms with Crippen LogP contribution in [0.5, 0.6) is 5.75 Å². The third-order valence-corrected chi connectivity index (χ3v) is 3.64. The van der Waals surface area contributed by atoms with Crippen LogP contribution in [0.1, 0.15) is 11.3 Å². The summed E-state index contributed by atoms with van der Waals surface area (Å²) in [7, 11) is 1.67. The molecule has 7 heteroatoms. The van der Waals surface area contributed by atoms with E-state index in [1.807, 2.05) is 19.9 Å². The maximum atomic E-state index is 12.1. The van der Waals surface area contributed by atoms with Crippen LogP contribution < -0.4 is 20.3 Å². The number of hydrogen-bond acceptors (Lipinski definition) is 4. The standard InChI is InChI=1S/C17H18N4O3/c1-10-6-11(2)18-15(7-10)20-17(23)19-12-4-5-14-13(8-12)21(3)16(22)9-24-14/h4-8H,9H2,1-3H3,(H2,18,19,20,23). The minimum Gasteiger partial charge on any atom is -0.482 e. The molecular formula is C17H18N4O3. The average molecular weight is 326 g/mol. The first-order valence-corrected chi connectivity index (χ1v) is 7.49. The number of nitrogens with one attached hydrogen (secondary N) is 2. The highest BCUT2D eigenvalue weighted by atomic mass is 16.5. The van der Waals surface area contributed by atoms with Gasteiger partial charge in [0.2, 0.25) is 0 Å². The molecule has 3 amide bonds. The van der Waals surface area contributed by atoms with Crippen molar-refractivity contribution in [2.24, 2.45) is 0 Å². The summed E-state index contributed by atoms with van der Waals surface area (Å²) in [5.41, 5.74) is 3.02. The topological polar surface area (TPSA) is 83.6 Å². The van der Waals surface area contributed by atoms with Crippen LogP contribution in [-0.2, 0) is 4.79 Å². The van der Waals surface area contributed by atoms with Crippen molar-refractivity contribution in [2.75, 3.05) is 29.2 Å². The van der Waals surface area contributed by atoms with Crippen LogP contribution in [-0.4, -0.2) is 30.6 Å². The van der Waals surface area contributed by atoms with Gasteiger partial charge in [-0.15, -0.1) is 0 Å². The van der Waals surface area contributed by atoms with E-state index in [0.717, 1.165) is 11.3 Å². The predicted octanol–water partition coefficient (Wildman–Crippen LogP) is 2.70. The van der Waals surface area contributed by atoms with Gasteiger partial charge in [-0.05, 0) is 49.7 Å². The molecule has 0 spiro atoms. The number of benzene rings is 1. The van der Waals surface area contributed by atoms with Gasteiger partial charge < -0.3 is 15.0 Å². The first-order chi connectivity index (χ1) is 11.4. The molecule has 3 rings (SSSR count). The molecule has 7 nitrogen and oxygen atoms in total. The molecule has 1 aliphatic rings. The highest BCUT2D eigenvalue weighted by Gasteiger charge is 2.22. The van der Waals surface area contributed by atoms with Crippen molar-refractivity contribution in [3.05, 3.63) is 41.6 Å². The van der Waals surface area contributed by atoms with Gasteiger partial charge in [-0.3, -0.25) is 10.1 Å². The largest absolute Gasteiger partial charge is 0.482 e. The zero-order chi connectivity index (χ0) is 17.3. The normalized spacial score (nSPS) is 13.1. The Morgan fingerprint density at radius 1 is 1.21 bits per heavy atom. The number of ether oxygens (including phenoxy) is 1. The fourth-order valence-electron chi connectivity index (χ4n) is 2.53. The number of hydrogen-bond donors (Lipinski definition) is 2. The Morgan fingerprint density at radius 3 is 2.75 bits per heavy atom. The van der Waals surface area contributed by atoms with E-state index in [-0.39, 0.29) is 12.5 Å². The van der Waals surface area contributed by atoms with Crippen LogP contribution >= 0.6 is 0 Å². The number of anilines is 3. The van der Waals surface area contributed by atoms with Crippen LogP contribution in [0.25, 0.3) is 0 Å². The number of amides is 3. The molecule has 0 saturated heterocycles. The summed E-state index contributed by atoms with van der Waals surface area (Å²) >= 11 is 0.